The van der Waals surface area contributed by atoms with Gasteiger partial charge in [-0.1, -0.05) is 11.6 Å². The maximum Gasteiger partial charge on any atom is 0.160 e. The minimum atomic E-state index is 0.351. The van der Waals surface area contributed by atoms with Crippen LogP contribution < -0.4 is 5.32 Å². The first kappa shape index (κ1) is 12.3. The average Bonchev–Trinajstić information content (AvgIpc) is 2.49. The number of halogens is 1. The molecule has 0 saturated heterocycles. The van der Waals surface area contributed by atoms with Crippen LogP contribution in [0, 0.1) is 11.3 Å². The van der Waals surface area contributed by atoms with E-state index in [9.17, 15) is 0 Å². The van der Waals surface area contributed by atoms with E-state index in [1.165, 1.54) is 6.33 Å². The molecule has 0 amide bonds. The quantitative estimate of drug-likeness (QED) is 0.727. The minimum absolute atomic E-state index is 0.351. The highest BCUT2D eigenvalue weighted by molar-refractivity contribution is 6.29. The van der Waals surface area contributed by atoms with Gasteiger partial charge in [-0.25, -0.2) is 19.9 Å². The molecule has 0 fully saturated rings. The summed E-state index contributed by atoms with van der Waals surface area (Å²) in [5.74, 6) is 0.531. The highest BCUT2D eigenvalue weighted by Crippen LogP contribution is 2.22. The van der Waals surface area contributed by atoms with Crippen molar-refractivity contribution in [1.82, 2.24) is 19.9 Å². The number of anilines is 2. The van der Waals surface area contributed by atoms with Gasteiger partial charge in [0.25, 0.3) is 0 Å². The van der Waals surface area contributed by atoms with Crippen molar-refractivity contribution in [3.63, 3.8) is 0 Å². The summed E-state index contributed by atoms with van der Waals surface area (Å²) in [5, 5.41) is 12.2. The summed E-state index contributed by atoms with van der Waals surface area (Å²) in [6.07, 6.45) is 2.99. The van der Waals surface area contributed by atoms with Gasteiger partial charge >= 0.3 is 0 Å². The van der Waals surface area contributed by atoms with Gasteiger partial charge in [0.05, 0.1) is 17.4 Å². The number of nitrogens with zero attached hydrogens (tertiary/aromatic N) is 5. The summed E-state index contributed by atoms with van der Waals surface area (Å²) < 4.78 is 0. The maximum absolute atomic E-state index is 8.71. The molecule has 3 rings (SSSR count). The van der Waals surface area contributed by atoms with Crippen molar-refractivity contribution in [3.05, 3.63) is 47.6 Å². The molecular formula is C13H7ClN6. The Morgan fingerprint density at radius 1 is 1.10 bits per heavy atom. The Morgan fingerprint density at radius 2 is 2.00 bits per heavy atom. The molecule has 0 spiro atoms. The van der Waals surface area contributed by atoms with Gasteiger partial charge in [0.15, 0.2) is 5.82 Å². The van der Waals surface area contributed by atoms with E-state index in [1.54, 1.807) is 30.5 Å². The fourth-order valence-corrected chi connectivity index (χ4v) is 1.83. The van der Waals surface area contributed by atoms with Gasteiger partial charge in [0.2, 0.25) is 0 Å². The van der Waals surface area contributed by atoms with Crippen LogP contribution in [0.5, 0.6) is 0 Å². The molecule has 96 valence electrons. The van der Waals surface area contributed by atoms with E-state index in [0.29, 0.717) is 33.4 Å². The number of hydrogen-bond donors (Lipinski definition) is 1. The number of hydrogen-bond acceptors (Lipinski definition) is 6. The third-order valence-corrected chi connectivity index (χ3v) is 2.80. The van der Waals surface area contributed by atoms with E-state index in [0.717, 1.165) is 0 Å². The molecular weight excluding hydrogens is 276 g/mol. The van der Waals surface area contributed by atoms with E-state index in [1.807, 2.05) is 6.07 Å². The van der Waals surface area contributed by atoms with Crippen molar-refractivity contribution in [2.24, 2.45) is 0 Å². The molecule has 0 saturated carbocycles. The largest absolute Gasteiger partial charge is 0.337 e. The molecule has 0 aliphatic rings. The van der Waals surface area contributed by atoms with E-state index in [-0.39, 0.29) is 0 Å². The van der Waals surface area contributed by atoms with Crippen LogP contribution >= 0.6 is 11.6 Å². The van der Waals surface area contributed by atoms with Gasteiger partial charge in [-0.3, -0.25) is 0 Å². The number of rotatable bonds is 2. The van der Waals surface area contributed by atoms with Gasteiger partial charge in [-0.05, 0) is 24.3 Å². The lowest BCUT2D eigenvalue weighted by atomic mass is 10.3. The average molecular weight is 283 g/mol. The number of nitriles is 1. The Kier molecular flexibility index (Phi) is 3.11. The summed E-state index contributed by atoms with van der Waals surface area (Å²) in [6, 6.07) is 8.76. The number of nitrogens with one attached hydrogen (secondary N) is 1. The predicted octanol–water partition coefficient (Wildman–Crippen LogP) is 2.69. The van der Waals surface area contributed by atoms with E-state index < -0.39 is 0 Å². The lowest BCUT2D eigenvalue weighted by Crippen LogP contribution is -1.98. The molecule has 0 aromatic carbocycles. The van der Waals surface area contributed by atoms with Crippen LogP contribution in [0.3, 0.4) is 0 Å². The standard InChI is InChI=1S/C13H7ClN6/c14-11-4-3-10-12(20-11)13(18-7-17-10)19-9-2-1-8(5-15)16-6-9/h1-4,6-7H,(H,17,18,19). The Hall–Kier alpha value is -2.78. The fourth-order valence-electron chi connectivity index (χ4n) is 1.68. The SMILES string of the molecule is N#Cc1ccc(Nc2ncnc3ccc(Cl)nc23)cn1. The maximum atomic E-state index is 8.71. The van der Waals surface area contributed by atoms with E-state index >= 15 is 0 Å². The van der Waals surface area contributed by atoms with Crippen LogP contribution in [0.25, 0.3) is 11.0 Å². The minimum Gasteiger partial charge on any atom is -0.337 e. The molecule has 3 aromatic rings. The van der Waals surface area contributed by atoms with Crippen LogP contribution in [0.1, 0.15) is 5.69 Å². The smallest absolute Gasteiger partial charge is 0.160 e. The summed E-state index contributed by atoms with van der Waals surface area (Å²) >= 11 is 5.89. The molecule has 1 N–H and O–H groups in total. The topological polar surface area (TPSA) is 87.4 Å². The van der Waals surface area contributed by atoms with Crippen molar-refractivity contribution in [3.8, 4) is 6.07 Å². The van der Waals surface area contributed by atoms with E-state index in [2.05, 4.69) is 25.3 Å². The van der Waals surface area contributed by atoms with Crippen LogP contribution in [-0.2, 0) is 0 Å². The molecule has 3 aromatic heterocycles. The predicted molar refractivity (Wildman–Crippen MR) is 74.6 cm³/mol. The van der Waals surface area contributed by atoms with Gasteiger partial charge in [0, 0.05) is 0 Å². The molecule has 0 bridgehead atoms. The molecule has 0 atom stereocenters. The lowest BCUT2D eigenvalue weighted by Gasteiger charge is -2.07. The highest BCUT2D eigenvalue weighted by Gasteiger charge is 2.06. The summed E-state index contributed by atoms with van der Waals surface area (Å²) in [7, 11) is 0. The monoisotopic (exact) mass is 282 g/mol. The highest BCUT2D eigenvalue weighted by atomic mass is 35.5. The molecule has 6 nitrogen and oxygen atoms in total. The molecule has 3 heterocycles. The van der Waals surface area contributed by atoms with E-state index in [4.69, 9.17) is 16.9 Å². The second-order valence-corrected chi connectivity index (χ2v) is 4.28. The third-order valence-electron chi connectivity index (χ3n) is 2.59. The first-order chi connectivity index (χ1) is 9.76. The van der Waals surface area contributed by atoms with Crippen LogP contribution in [0.15, 0.2) is 36.8 Å². The van der Waals surface area contributed by atoms with Gasteiger partial charge in [-0.2, -0.15) is 5.26 Å². The summed E-state index contributed by atoms with van der Waals surface area (Å²) in [4.78, 5) is 16.5. The molecule has 0 aliphatic heterocycles. The van der Waals surface area contributed by atoms with Crippen molar-refractivity contribution in [2.45, 2.75) is 0 Å². The molecule has 0 aliphatic carbocycles. The molecule has 7 heteroatoms. The Bertz CT molecular complexity index is 809. The van der Waals surface area contributed by atoms with Crippen molar-refractivity contribution in [2.75, 3.05) is 5.32 Å². The van der Waals surface area contributed by atoms with Crippen LogP contribution in [-0.4, -0.2) is 19.9 Å². The molecule has 0 radical (unpaired) electrons. The van der Waals surface area contributed by atoms with Crippen molar-refractivity contribution < 1.29 is 0 Å². The third kappa shape index (κ3) is 2.35. The van der Waals surface area contributed by atoms with Crippen molar-refractivity contribution >= 4 is 34.1 Å². The zero-order valence-electron chi connectivity index (χ0n) is 10.1. The second-order valence-electron chi connectivity index (χ2n) is 3.89. The first-order valence-corrected chi connectivity index (χ1v) is 6.04. The molecule has 0 unspecified atom stereocenters. The summed E-state index contributed by atoms with van der Waals surface area (Å²) in [5.41, 5.74) is 2.31. The normalized spacial score (nSPS) is 10.2. The Balaban J connectivity index is 2.01. The number of aromatic nitrogens is 4. The lowest BCUT2D eigenvalue weighted by molar-refractivity contribution is 1.19. The van der Waals surface area contributed by atoms with Crippen molar-refractivity contribution in [1.29, 1.82) is 5.26 Å². The second kappa shape index (κ2) is 5.07. The Morgan fingerprint density at radius 3 is 2.75 bits per heavy atom. The van der Waals surface area contributed by atoms with Crippen LogP contribution in [0.2, 0.25) is 5.15 Å². The van der Waals surface area contributed by atoms with Crippen LogP contribution in [0.4, 0.5) is 11.5 Å². The summed E-state index contributed by atoms with van der Waals surface area (Å²) in [6.45, 7) is 0. The first-order valence-electron chi connectivity index (χ1n) is 5.67. The van der Waals surface area contributed by atoms with Gasteiger partial charge < -0.3 is 5.32 Å². The zero-order chi connectivity index (χ0) is 13.9. The fraction of sp³-hybridized carbons (Fsp3) is 0. The van der Waals surface area contributed by atoms with Gasteiger partial charge in [-0.15, -0.1) is 0 Å². The number of fused-ring (bicyclic) bond motifs is 1. The molecule has 20 heavy (non-hydrogen) atoms. The number of pyridine rings is 2. The zero-order valence-corrected chi connectivity index (χ0v) is 10.8. The Labute approximate surface area is 119 Å². The van der Waals surface area contributed by atoms with Gasteiger partial charge in [0.1, 0.15) is 28.8 Å².